The van der Waals surface area contributed by atoms with Gasteiger partial charge in [-0.1, -0.05) is 6.07 Å². The first-order valence-electron chi connectivity index (χ1n) is 9.72. The number of carbonyl (C=O) groups is 1. The number of amides is 1. The van der Waals surface area contributed by atoms with Gasteiger partial charge in [-0.3, -0.25) is 4.79 Å². The number of sulfonamides is 1. The molecule has 1 amide bonds. The summed E-state index contributed by atoms with van der Waals surface area (Å²) >= 11 is 0. The fourth-order valence-corrected chi connectivity index (χ4v) is 4.50. The molecule has 0 aromatic heterocycles. The monoisotopic (exact) mass is 416 g/mol. The van der Waals surface area contributed by atoms with Crippen LogP contribution in [0.2, 0.25) is 0 Å². The van der Waals surface area contributed by atoms with Crippen molar-refractivity contribution in [3.63, 3.8) is 0 Å². The molecule has 2 N–H and O–H groups in total. The van der Waals surface area contributed by atoms with E-state index in [9.17, 15) is 13.2 Å². The first-order valence-corrected chi connectivity index (χ1v) is 11.2. The first kappa shape index (κ1) is 21.3. The molecular weight excluding hydrogens is 388 g/mol. The van der Waals surface area contributed by atoms with Crippen LogP contribution in [-0.2, 0) is 10.0 Å². The number of benzene rings is 2. The van der Waals surface area contributed by atoms with Crippen molar-refractivity contribution in [1.82, 2.24) is 9.62 Å². The molecular formula is C21H28N4O3S. The minimum atomic E-state index is -3.65. The molecule has 3 rings (SSSR count). The molecule has 7 nitrogen and oxygen atoms in total. The third kappa shape index (κ3) is 5.56. The minimum absolute atomic E-state index is 0.0734. The lowest BCUT2D eigenvalue weighted by Gasteiger charge is -2.34. The Kier molecular flexibility index (Phi) is 6.56. The Morgan fingerprint density at radius 2 is 1.66 bits per heavy atom. The highest BCUT2D eigenvalue weighted by molar-refractivity contribution is 7.89. The van der Waals surface area contributed by atoms with Gasteiger partial charge < -0.3 is 15.1 Å². The topological polar surface area (TPSA) is 81.7 Å². The van der Waals surface area contributed by atoms with Gasteiger partial charge in [0.15, 0.2) is 0 Å². The zero-order valence-electron chi connectivity index (χ0n) is 17.1. The molecule has 0 saturated carbocycles. The van der Waals surface area contributed by atoms with E-state index in [1.807, 2.05) is 24.3 Å². The number of hydrogen-bond donors (Lipinski definition) is 2. The second-order valence-electron chi connectivity index (χ2n) is 7.60. The highest BCUT2D eigenvalue weighted by Crippen LogP contribution is 2.20. The van der Waals surface area contributed by atoms with Gasteiger partial charge in [0.05, 0.1) is 4.90 Å². The van der Waals surface area contributed by atoms with Crippen LogP contribution in [0.5, 0.6) is 0 Å². The van der Waals surface area contributed by atoms with Crippen molar-refractivity contribution < 1.29 is 13.2 Å². The summed E-state index contributed by atoms with van der Waals surface area (Å²) in [6.07, 6.45) is 0. The SMILES string of the molecule is CC(C)NS(=O)(=O)c1cccc(C(=O)Nc2ccc(N3CCN(C)CC3)cc2)c1. The van der Waals surface area contributed by atoms with Gasteiger partial charge in [-0.15, -0.1) is 0 Å². The van der Waals surface area contributed by atoms with Crippen molar-refractivity contribution in [3.8, 4) is 0 Å². The molecule has 0 atom stereocenters. The summed E-state index contributed by atoms with van der Waals surface area (Å²) in [4.78, 5) is 17.3. The van der Waals surface area contributed by atoms with E-state index < -0.39 is 10.0 Å². The molecule has 0 unspecified atom stereocenters. The van der Waals surface area contributed by atoms with Crippen LogP contribution >= 0.6 is 0 Å². The van der Waals surface area contributed by atoms with Crippen molar-refractivity contribution in [2.45, 2.75) is 24.8 Å². The number of piperazine rings is 1. The van der Waals surface area contributed by atoms with Gasteiger partial charge in [0.1, 0.15) is 0 Å². The van der Waals surface area contributed by atoms with E-state index in [0.717, 1.165) is 31.9 Å². The number of rotatable bonds is 6. The molecule has 1 aliphatic heterocycles. The Bertz CT molecular complexity index is 950. The largest absolute Gasteiger partial charge is 0.369 e. The van der Waals surface area contributed by atoms with Crippen LogP contribution in [0.25, 0.3) is 0 Å². The maximum Gasteiger partial charge on any atom is 0.255 e. The van der Waals surface area contributed by atoms with Crippen molar-refractivity contribution in [2.24, 2.45) is 0 Å². The highest BCUT2D eigenvalue weighted by Gasteiger charge is 2.18. The molecule has 1 saturated heterocycles. The van der Waals surface area contributed by atoms with Crippen LogP contribution in [0.4, 0.5) is 11.4 Å². The van der Waals surface area contributed by atoms with Crippen molar-refractivity contribution in [1.29, 1.82) is 0 Å². The van der Waals surface area contributed by atoms with Crippen LogP contribution < -0.4 is 14.9 Å². The maximum absolute atomic E-state index is 12.6. The molecule has 29 heavy (non-hydrogen) atoms. The lowest BCUT2D eigenvalue weighted by atomic mass is 10.2. The van der Waals surface area contributed by atoms with E-state index in [2.05, 4.69) is 26.9 Å². The molecule has 2 aromatic rings. The zero-order chi connectivity index (χ0) is 21.0. The Hall–Kier alpha value is -2.42. The number of nitrogens with one attached hydrogen (secondary N) is 2. The van der Waals surface area contributed by atoms with Crippen molar-refractivity contribution in [3.05, 3.63) is 54.1 Å². The Morgan fingerprint density at radius 1 is 1.00 bits per heavy atom. The molecule has 0 bridgehead atoms. The third-order valence-corrected chi connectivity index (χ3v) is 6.45. The summed E-state index contributed by atoms with van der Waals surface area (Å²) in [5, 5.41) is 2.83. The molecule has 1 aliphatic rings. The maximum atomic E-state index is 12.6. The smallest absolute Gasteiger partial charge is 0.255 e. The highest BCUT2D eigenvalue weighted by atomic mass is 32.2. The zero-order valence-corrected chi connectivity index (χ0v) is 17.9. The molecule has 0 aliphatic carbocycles. The Morgan fingerprint density at radius 3 is 2.28 bits per heavy atom. The van der Waals surface area contributed by atoms with Gasteiger partial charge in [0.2, 0.25) is 10.0 Å². The van der Waals surface area contributed by atoms with E-state index in [1.165, 1.54) is 12.1 Å². The van der Waals surface area contributed by atoms with Gasteiger partial charge in [0, 0.05) is 49.2 Å². The number of likely N-dealkylation sites (N-methyl/N-ethyl adjacent to an activating group) is 1. The van der Waals surface area contributed by atoms with E-state index in [4.69, 9.17) is 0 Å². The number of carbonyl (C=O) groups excluding carboxylic acids is 1. The summed E-state index contributed by atoms with van der Waals surface area (Å²) in [7, 11) is -1.53. The molecule has 0 spiro atoms. The summed E-state index contributed by atoms with van der Waals surface area (Å²) in [6.45, 7) is 7.52. The summed E-state index contributed by atoms with van der Waals surface area (Å²) < 4.78 is 27.2. The molecule has 8 heteroatoms. The standard InChI is InChI=1S/C21H28N4O3S/c1-16(2)23-29(27,28)20-6-4-5-17(15-20)21(26)22-18-7-9-19(10-8-18)25-13-11-24(3)12-14-25/h4-10,15-16,23H,11-14H2,1-3H3,(H,22,26). The van der Waals surface area contributed by atoms with Crippen LogP contribution in [0.1, 0.15) is 24.2 Å². The molecule has 0 radical (unpaired) electrons. The quantitative estimate of drug-likeness (QED) is 0.756. The van der Waals surface area contributed by atoms with Crippen molar-refractivity contribution >= 4 is 27.3 Å². The minimum Gasteiger partial charge on any atom is -0.369 e. The number of anilines is 2. The summed E-state index contributed by atoms with van der Waals surface area (Å²) in [5.74, 6) is -0.348. The van der Waals surface area contributed by atoms with Gasteiger partial charge in [0.25, 0.3) is 5.91 Å². The van der Waals surface area contributed by atoms with E-state index in [1.54, 1.807) is 26.0 Å². The van der Waals surface area contributed by atoms with Gasteiger partial charge in [-0.2, -0.15) is 0 Å². The van der Waals surface area contributed by atoms with E-state index >= 15 is 0 Å². The normalized spacial score (nSPS) is 15.5. The molecule has 2 aromatic carbocycles. The fourth-order valence-electron chi connectivity index (χ4n) is 3.21. The average molecular weight is 417 g/mol. The lowest BCUT2D eigenvalue weighted by Crippen LogP contribution is -2.44. The number of nitrogens with zero attached hydrogens (tertiary/aromatic N) is 2. The first-order chi connectivity index (χ1) is 13.7. The van der Waals surface area contributed by atoms with Gasteiger partial charge in [-0.05, 0) is 63.4 Å². The average Bonchev–Trinajstić information content (AvgIpc) is 2.68. The molecule has 156 valence electrons. The molecule has 1 fully saturated rings. The second kappa shape index (κ2) is 8.94. The van der Waals surface area contributed by atoms with Crippen LogP contribution in [0.15, 0.2) is 53.4 Å². The van der Waals surface area contributed by atoms with Gasteiger partial charge in [-0.25, -0.2) is 13.1 Å². The molecule has 1 heterocycles. The van der Waals surface area contributed by atoms with Crippen LogP contribution in [0.3, 0.4) is 0 Å². The summed E-state index contributed by atoms with van der Waals surface area (Å²) in [5.41, 5.74) is 2.09. The fraction of sp³-hybridized carbons (Fsp3) is 0.381. The van der Waals surface area contributed by atoms with Crippen molar-refractivity contribution in [2.75, 3.05) is 43.4 Å². The van der Waals surface area contributed by atoms with Crippen LogP contribution in [-0.4, -0.2) is 58.5 Å². The van der Waals surface area contributed by atoms with Crippen LogP contribution in [0, 0.1) is 0 Å². The Labute approximate surface area is 172 Å². The predicted molar refractivity (Wildman–Crippen MR) is 116 cm³/mol. The lowest BCUT2D eigenvalue weighted by molar-refractivity contribution is 0.102. The Balaban J connectivity index is 1.68. The van der Waals surface area contributed by atoms with Gasteiger partial charge >= 0.3 is 0 Å². The van der Waals surface area contributed by atoms with E-state index in [-0.39, 0.29) is 16.8 Å². The van der Waals surface area contributed by atoms with E-state index in [0.29, 0.717) is 11.3 Å². The number of hydrogen-bond acceptors (Lipinski definition) is 5. The third-order valence-electron chi connectivity index (χ3n) is 4.79. The predicted octanol–water partition coefficient (Wildman–Crippen LogP) is 2.38. The second-order valence-corrected chi connectivity index (χ2v) is 9.31. The summed E-state index contributed by atoms with van der Waals surface area (Å²) in [6, 6.07) is 13.5.